The second-order valence-corrected chi connectivity index (χ2v) is 5.72. The maximum absolute atomic E-state index is 12.4. The zero-order chi connectivity index (χ0) is 16.5. The van der Waals surface area contributed by atoms with Crippen molar-refractivity contribution in [2.45, 2.75) is 6.92 Å². The lowest BCUT2D eigenvalue weighted by Crippen LogP contribution is -2.42. The van der Waals surface area contributed by atoms with E-state index in [0.717, 1.165) is 25.7 Å². The summed E-state index contributed by atoms with van der Waals surface area (Å²) in [7, 11) is 0. The van der Waals surface area contributed by atoms with Gasteiger partial charge in [-0.3, -0.25) is 14.6 Å². The van der Waals surface area contributed by atoms with E-state index in [1.165, 1.54) is 17.4 Å². The summed E-state index contributed by atoms with van der Waals surface area (Å²) >= 11 is 1.39. The lowest BCUT2D eigenvalue weighted by Gasteiger charge is -2.28. The van der Waals surface area contributed by atoms with Gasteiger partial charge in [-0.1, -0.05) is 0 Å². The van der Waals surface area contributed by atoms with Gasteiger partial charge in [-0.05, 0) is 6.92 Å². The normalized spacial score (nSPS) is 15.7. The smallest absolute Gasteiger partial charge is 0.330 e. The Morgan fingerprint density at radius 2 is 2.22 bits per heavy atom. The molecule has 126 valence electrons. The van der Waals surface area contributed by atoms with Crippen LogP contribution < -0.4 is 4.90 Å². The van der Waals surface area contributed by atoms with Crippen molar-refractivity contribution in [2.75, 3.05) is 50.9 Å². The van der Waals surface area contributed by atoms with E-state index < -0.39 is 5.97 Å². The SMILES string of the molecule is CCOC(=O)/C=C/C(=O)N(CCN1CCOCC1)c1nccs1. The van der Waals surface area contributed by atoms with Crippen molar-refractivity contribution in [3.8, 4) is 0 Å². The molecular formula is C15H21N3O4S. The van der Waals surface area contributed by atoms with E-state index in [9.17, 15) is 9.59 Å². The number of carbonyl (C=O) groups is 2. The third kappa shape index (κ3) is 5.74. The maximum atomic E-state index is 12.4. The average molecular weight is 339 g/mol. The first-order chi connectivity index (χ1) is 11.2. The number of nitrogens with zero attached hydrogens (tertiary/aromatic N) is 3. The fourth-order valence-electron chi connectivity index (χ4n) is 2.14. The summed E-state index contributed by atoms with van der Waals surface area (Å²) in [4.78, 5) is 31.7. The summed E-state index contributed by atoms with van der Waals surface area (Å²) in [6, 6.07) is 0. The first-order valence-corrected chi connectivity index (χ1v) is 8.44. The van der Waals surface area contributed by atoms with E-state index in [2.05, 4.69) is 9.88 Å². The average Bonchev–Trinajstić information content (AvgIpc) is 3.08. The fourth-order valence-corrected chi connectivity index (χ4v) is 2.81. The summed E-state index contributed by atoms with van der Waals surface area (Å²) in [6.45, 7) is 6.41. The van der Waals surface area contributed by atoms with Crippen molar-refractivity contribution in [2.24, 2.45) is 0 Å². The summed E-state index contributed by atoms with van der Waals surface area (Å²) < 4.78 is 10.1. The molecule has 1 saturated heterocycles. The van der Waals surface area contributed by atoms with Gasteiger partial charge in [0.25, 0.3) is 5.91 Å². The van der Waals surface area contributed by atoms with Crippen LogP contribution in [0, 0.1) is 0 Å². The molecule has 1 aliphatic rings. The predicted molar refractivity (Wildman–Crippen MR) is 87.5 cm³/mol. The molecule has 8 heteroatoms. The van der Waals surface area contributed by atoms with Gasteiger partial charge in [0.15, 0.2) is 5.13 Å². The van der Waals surface area contributed by atoms with Crippen molar-refractivity contribution >= 4 is 28.3 Å². The molecule has 2 rings (SSSR count). The van der Waals surface area contributed by atoms with Crippen LogP contribution in [-0.4, -0.2) is 67.8 Å². The molecule has 1 aliphatic heterocycles. The van der Waals surface area contributed by atoms with Gasteiger partial charge in [-0.15, -0.1) is 11.3 Å². The number of thiazole rings is 1. The van der Waals surface area contributed by atoms with Gasteiger partial charge in [0.2, 0.25) is 0 Å². The van der Waals surface area contributed by atoms with Gasteiger partial charge in [-0.2, -0.15) is 0 Å². The highest BCUT2D eigenvalue weighted by Gasteiger charge is 2.18. The van der Waals surface area contributed by atoms with Crippen LogP contribution in [0.1, 0.15) is 6.92 Å². The van der Waals surface area contributed by atoms with E-state index in [4.69, 9.17) is 9.47 Å². The zero-order valence-electron chi connectivity index (χ0n) is 13.1. The molecule has 0 radical (unpaired) electrons. The Morgan fingerprint density at radius 3 is 2.87 bits per heavy atom. The Kier molecular flexibility index (Phi) is 7.18. The molecule has 0 saturated carbocycles. The topological polar surface area (TPSA) is 72.0 Å². The van der Waals surface area contributed by atoms with Crippen LogP contribution in [0.5, 0.6) is 0 Å². The number of morpholine rings is 1. The van der Waals surface area contributed by atoms with Crippen molar-refractivity contribution in [1.29, 1.82) is 0 Å². The number of amides is 1. The molecule has 1 amide bonds. The number of hydrogen-bond acceptors (Lipinski definition) is 7. The number of rotatable bonds is 7. The summed E-state index contributed by atoms with van der Waals surface area (Å²) in [5.74, 6) is -0.797. The molecule has 23 heavy (non-hydrogen) atoms. The van der Waals surface area contributed by atoms with Crippen LogP contribution in [0.15, 0.2) is 23.7 Å². The number of aromatic nitrogens is 1. The molecular weight excluding hydrogens is 318 g/mol. The minimum Gasteiger partial charge on any atom is -0.463 e. The van der Waals surface area contributed by atoms with Crippen molar-refractivity contribution in [3.63, 3.8) is 0 Å². The lowest BCUT2D eigenvalue weighted by atomic mass is 10.3. The van der Waals surface area contributed by atoms with Gasteiger partial charge >= 0.3 is 5.97 Å². The molecule has 2 heterocycles. The zero-order valence-corrected chi connectivity index (χ0v) is 14.0. The fraction of sp³-hybridized carbons (Fsp3) is 0.533. The Bertz CT molecular complexity index is 527. The highest BCUT2D eigenvalue weighted by molar-refractivity contribution is 7.13. The molecule has 1 aromatic heterocycles. The molecule has 0 spiro atoms. The molecule has 1 fully saturated rings. The first kappa shape index (κ1) is 17.6. The number of anilines is 1. The number of ether oxygens (including phenoxy) is 2. The number of carbonyl (C=O) groups excluding carboxylic acids is 2. The van der Waals surface area contributed by atoms with E-state index >= 15 is 0 Å². The minimum atomic E-state index is -0.520. The molecule has 7 nitrogen and oxygen atoms in total. The highest BCUT2D eigenvalue weighted by atomic mass is 32.1. The van der Waals surface area contributed by atoms with Crippen LogP contribution in [0.2, 0.25) is 0 Å². The molecule has 0 aromatic carbocycles. The Labute approximate surface area is 139 Å². The molecule has 0 atom stereocenters. The first-order valence-electron chi connectivity index (χ1n) is 7.56. The number of esters is 1. The van der Waals surface area contributed by atoms with Crippen LogP contribution in [-0.2, 0) is 19.1 Å². The molecule has 0 unspecified atom stereocenters. The Hall–Kier alpha value is -1.77. The molecule has 1 aromatic rings. The maximum Gasteiger partial charge on any atom is 0.330 e. The van der Waals surface area contributed by atoms with Gasteiger partial charge in [0.1, 0.15) is 0 Å². The summed E-state index contributed by atoms with van der Waals surface area (Å²) in [5.41, 5.74) is 0. The second kappa shape index (κ2) is 9.39. The van der Waals surface area contributed by atoms with Crippen LogP contribution in [0.25, 0.3) is 0 Å². The van der Waals surface area contributed by atoms with Gasteiger partial charge in [-0.25, -0.2) is 9.78 Å². The Morgan fingerprint density at radius 1 is 1.43 bits per heavy atom. The van der Waals surface area contributed by atoms with E-state index in [-0.39, 0.29) is 12.5 Å². The van der Waals surface area contributed by atoms with Crippen molar-refractivity contribution < 1.29 is 19.1 Å². The van der Waals surface area contributed by atoms with Crippen molar-refractivity contribution in [1.82, 2.24) is 9.88 Å². The van der Waals surface area contributed by atoms with E-state index in [0.29, 0.717) is 24.9 Å². The largest absolute Gasteiger partial charge is 0.463 e. The molecule has 0 bridgehead atoms. The van der Waals surface area contributed by atoms with Crippen LogP contribution in [0.4, 0.5) is 5.13 Å². The minimum absolute atomic E-state index is 0.277. The number of hydrogen-bond donors (Lipinski definition) is 0. The third-order valence-corrected chi connectivity index (χ3v) is 4.10. The molecule has 0 N–H and O–H groups in total. The van der Waals surface area contributed by atoms with Gasteiger partial charge in [0.05, 0.1) is 19.8 Å². The lowest BCUT2D eigenvalue weighted by molar-refractivity contribution is -0.137. The molecule has 0 aliphatic carbocycles. The van der Waals surface area contributed by atoms with Gasteiger partial charge in [0, 0.05) is 49.9 Å². The monoisotopic (exact) mass is 339 g/mol. The second-order valence-electron chi connectivity index (χ2n) is 4.84. The summed E-state index contributed by atoms with van der Waals surface area (Å²) in [5, 5.41) is 2.44. The van der Waals surface area contributed by atoms with Crippen LogP contribution in [0.3, 0.4) is 0 Å². The Balaban J connectivity index is 1.96. The van der Waals surface area contributed by atoms with Crippen LogP contribution >= 0.6 is 11.3 Å². The highest BCUT2D eigenvalue weighted by Crippen LogP contribution is 2.18. The summed E-state index contributed by atoms with van der Waals surface area (Å²) in [6.07, 6.45) is 4.05. The van der Waals surface area contributed by atoms with E-state index in [1.54, 1.807) is 18.0 Å². The standard InChI is InChI=1S/C15H21N3O4S/c1-2-22-14(20)4-3-13(19)18(15-16-5-12-23-15)7-6-17-8-10-21-11-9-17/h3-5,12H,2,6-11H2,1H3/b4-3+. The third-order valence-electron chi connectivity index (χ3n) is 3.31. The quantitative estimate of drug-likeness (QED) is 0.544. The predicted octanol–water partition coefficient (Wildman–Crippen LogP) is 0.928. The van der Waals surface area contributed by atoms with Gasteiger partial charge < -0.3 is 9.47 Å². The van der Waals surface area contributed by atoms with E-state index in [1.807, 2.05) is 5.38 Å². The van der Waals surface area contributed by atoms with Crippen molar-refractivity contribution in [3.05, 3.63) is 23.7 Å².